The fourth-order valence-corrected chi connectivity index (χ4v) is 5.77. The minimum Gasteiger partial charge on any atom is -0.493 e. The van der Waals surface area contributed by atoms with Gasteiger partial charge in [-0.2, -0.15) is 9.78 Å². The highest BCUT2D eigenvalue weighted by molar-refractivity contribution is 9.13. The van der Waals surface area contributed by atoms with Crippen LogP contribution in [0.2, 0.25) is 10.0 Å². The molecule has 0 aliphatic carbocycles. The molecule has 6 aromatic rings. The van der Waals surface area contributed by atoms with Crippen molar-refractivity contribution in [2.75, 3.05) is 7.11 Å². The Morgan fingerprint density at radius 1 is 1.00 bits per heavy atom. The zero-order valence-electron chi connectivity index (χ0n) is 21.8. The van der Waals surface area contributed by atoms with Gasteiger partial charge in [0.1, 0.15) is 12.2 Å². The van der Waals surface area contributed by atoms with Gasteiger partial charge in [-0.3, -0.25) is 4.79 Å². The second-order valence-corrected chi connectivity index (χ2v) is 11.5. The molecule has 0 unspecified atom stereocenters. The number of ether oxygens (including phenoxy) is 2. The lowest BCUT2D eigenvalue weighted by Gasteiger charge is -2.16. The molecule has 7 nitrogen and oxygen atoms in total. The van der Waals surface area contributed by atoms with Crippen molar-refractivity contribution >= 4 is 83.1 Å². The van der Waals surface area contributed by atoms with Crippen molar-refractivity contribution in [1.29, 1.82) is 0 Å². The van der Waals surface area contributed by atoms with Crippen LogP contribution in [0.1, 0.15) is 11.1 Å². The Labute approximate surface area is 266 Å². The standard InChI is InChI=1S/C31H19Br2Cl2N3O4/c1-40-25-13-19(27(32)28(33)29(25)41-16-18-10-11-20(34)14-22(18)35)15-36-38-30(26-12-17-6-2-5-9-24(17)42-26)37-23-8-4-3-7-21(23)31(38)39/h2-15H,16H2,1H3. The van der Waals surface area contributed by atoms with Crippen LogP contribution in [0.25, 0.3) is 33.5 Å². The van der Waals surface area contributed by atoms with E-state index in [0.717, 1.165) is 10.9 Å². The van der Waals surface area contributed by atoms with Gasteiger partial charge in [-0.15, -0.1) is 0 Å². The summed E-state index contributed by atoms with van der Waals surface area (Å²) in [4.78, 5) is 18.4. The number of furan rings is 1. The monoisotopic (exact) mass is 725 g/mol. The zero-order valence-corrected chi connectivity index (χ0v) is 26.5. The minimum absolute atomic E-state index is 0.184. The molecule has 4 aromatic carbocycles. The number of halogens is 4. The Bertz CT molecular complexity index is 2040. The lowest BCUT2D eigenvalue weighted by atomic mass is 10.2. The van der Waals surface area contributed by atoms with Crippen molar-refractivity contribution in [3.05, 3.63) is 119 Å². The van der Waals surface area contributed by atoms with Crippen LogP contribution in [0.4, 0.5) is 0 Å². The number of aromatic nitrogens is 2. The molecule has 0 saturated carbocycles. The number of hydrogen-bond donors (Lipinski definition) is 0. The maximum absolute atomic E-state index is 13.6. The first-order valence-corrected chi connectivity index (χ1v) is 14.9. The van der Waals surface area contributed by atoms with E-state index in [1.807, 2.05) is 36.4 Å². The topological polar surface area (TPSA) is 78.9 Å². The van der Waals surface area contributed by atoms with Crippen LogP contribution >= 0.6 is 55.1 Å². The lowest BCUT2D eigenvalue weighted by Crippen LogP contribution is -2.20. The van der Waals surface area contributed by atoms with E-state index in [4.69, 9.17) is 42.1 Å². The summed E-state index contributed by atoms with van der Waals surface area (Å²) in [6.07, 6.45) is 1.54. The number of rotatable bonds is 7. The molecular formula is C31H19Br2Cl2N3O4. The molecule has 0 bridgehead atoms. The maximum Gasteiger partial charge on any atom is 0.282 e. The Balaban J connectivity index is 1.42. The number of fused-ring (bicyclic) bond motifs is 2. The van der Waals surface area contributed by atoms with Gasteiger partial charge in [0, 0.05) is 31.0 Å². The average molecular weight is 728 g/mol. The van der Waals surface area contributed by atoms with Gasteiger partial charge in [-0.25, -0.2) is 4.98 Å². The van der Waals surface area contributed by atoms with E-state index in [1.54, 1.807) is 48.7 Å². The van der Waals surface area contributed by atoms with Gasteiger partial charge >= 0.3 is 0 Å². The van der Waals surface area contributed by atoms with Crippen LogP contribution in [0.3, 0.4) is 0 Å². The Hall–Kier alpha value is -3.63. The van der Waals surface area contributed by atoms with Gasteiger partial charge < -0.3 is 13.9 Å². The molecule has 6 rings (SSSR count). The third-order valence-electron chi connectivity index (χ3n) is 6.47. The number of nitrogens with zero attached hydrogens (tertiary/aromatic N) is 3. The van der Waals surface area contributed by atoms with Crippen molar-refractivity contribution in [3.63, 3.8) is 0 Å². The first kappa shape index (κ1) is 28.5. The summed E-state index contributed by atoms with van der Waals surface area (Å²) < 4.78 is 20.2. The SMILES string of the molecule is COc1cc(C=Nn2c(-c3cc4ccccc4o3)nc3ccccc3c2=O)c(Br)c(Br)c1OCc1ccc(Cl)cc1Cl. The van der Waals surface area contributed by atoms with Crippen molar-refractivity contribution in [1.82, 2.24) is 9.66 Å². The molecule has 2 heterocycles. The molecular weight excluding hydrogens is 709 g/mol. The quantitative estimate of drug-likeness (QED) is 0.153. The highest BCUT2D eigenvalue weighted by atomic mass is 79.9. The lowest BCUT2D eigenvalue weighted by molar-refractivity contribution is 0.282. The second kappa shape index (κ2) is 11.9. The summed E-state index contributed by atoms with van der Waals surface area (Å²) in [5.41, 5.74) is 2.26. The van der Waals surface area contributed by atoms with Crippen LogP contribution in [-0.2, 0) is 6.61 Å². The fraction of sp³-hybridized carbons (Fsp3) is 0.0645. The van der Waals surface area contributed by atoms with Crippen molar-refractivity contribution in [2.24, 2.45) is 5.10 Å². The second-order valence-electron chi connectivity index (χ2n) is 9.11. The largest absolute Gasteiger partial charge is 0.493 e. The van der Waals surface area contributed by atoms with Gasteiger partial charge in [-0.05, 0) is 74.3 Å². The van der Waals surface area contributed by atoms with Gasteiger partial charge in [0.2, 0.25) is 5.82 Å². The Kier molecular flexibility index (Phi) is 8.09. The Morgan fingerprint density at radius 3 is 2.57 bits per heavy atom. The predicted octanol–water partition coefficient (Wildman–Crippen LogP) is 9.11. The highest BCUT2D eigenvalue weighted by Crippen LogP contribution is 2.43. The maximum atomic E-state index is 13.6. The first-order valence-electron chi connectivity index (χ1n) is 12.5. The van der Waals surface area contributed by atoms with E-state index in [1.165, 1.54) is 11.8 Å². The smallest absolute Gasteiger partial charge is 0.282 e. The fourth-order valence-electron chi connectivity index (χ4n) is 4.38. The first-order chi connectivity index (χ1) is 20.3. The van der Waals surface area contributed by atoms with E-state index in [9.17, 15) is 4.79 Å². The summed E-state index contributed by atoms with van der Waals surface area (Å²) in [6.45, 7) is 0.184. The molecule has 0 N–H and O–H groups in total. The molecule has 0 amide bonds. The molecule has 0 saturated heterocycles. The minimum atomic E-state index is -0.339. The molecule has 0 fully saturated rings. The summed E-state index contributed by atoms with van der Waals surface area (Å²) in [6, 6.07) is 23.5. The van der Waals surface area contributed by atoms with E-state index < -0.39 is 0 Å². The third kappa shape index (κ3) is 5.45. The van der Waals surface area contributed by atoms with E-state index in [2.05, 4.69) is 37.0 Å². The van der Waals surface area contributed by atoms with Crippen LogP contribution in [0.15, 0.2) is 102 Å². The number of benzene rings is 4. The van der Waals surface area contributed by atoms with Gasteiger partial charge in [-0.1, -0.05) is 59.6 Å². The number of methoxy groups -OCH3 is 1. The molecule has 11 heteroatoms. The van der Waals surface area contributed by atoms with Crippen LogP contribution in [0, 0.1) is 0 Å². The molecule has 0 spiro atoms. The summed E-state index contributed by atoms with van der Waals surface area (Å²) >= 11 is 19.6. The molecule has 0 aliphatic heterocycles. The van der Waals surface area contributed by atoms with Crippen LogP contribution < -0.4 is 15.0 Å². The molecule has 42 heavy (non-hydrogen) atoms. The zero-order chi connectivity index (χ0) is 29.4. The van der Waals surface area contributed by atoms with E-state index in [0.29, 0.717) is 58.3 Å². The number of hydrogen-bond acceptors (Lipinski definition) is 6. The molecule has 0 aliphatic rings. The van der Waals surface area contributed by atoms with E-state index in [-0.39, 0.29) is 18.0 Å². The molecule has 2 aromatic heterocycles. The van der Waals surface area contributed by atoms with E-state index >= 15 is 0 Å². The predicted molar refractivity (Wildman–Crippen MR) is 173 cm³/mol. The van der Waals surface area contributed by atoms with Crippen LogP contribution in [0.5, 0.6) is 11.5 Å². The normalized spacial score (nSPS) is 11.5. The summed E-state index contributed by atoms with van der Waals surface area (Å²) in [5, 5.41) is 6.92. The van der Waals surface area contributed by atoms with Crippen molar-refractivity contribution < 1.29 is 13.9 Å². The molecule has 210 valence electrons. The molecule has 0 radical (unpaired) electrons. The van der Waals surface area contributed by atoms with Gasteiger partial charge in [0.05, 0.1) is 28.7 Å². The van der Waals surface area contributed by atoms with Gasteiger partial charge in [0.15, 0.2) is 17.3 Å². The van der Waals surface area contributed by atoms with Crippen molar-refractivity contribution in [3.8, 4) is 23.1 Å². The number of para-hydroxylation sites is 2. The average Bonchev–Trinajstić information content (AvgIpc) is 3.43. The summed E-state index contributed by atoms with van der Waals surface area (Å²) in [7, 11) is 1.54. The summed E-state index contributed by atoms with van der Waals surface area (Å²) in [5.74, 6) is 1.59. The third-order valence-corrected chi connectivity index (χ3v) is 9.20. The van der Waals surface area contributed by atoms with Gasteiger partial charge in [0.25, 0.3) is 5.56 Å². The highest BCUT2D eigenvalue weighted by Gasteiger charge is 2.19. The Morgan fingerprint density at radius 2 is 1.79 bits per heavy atom. The van der Waals surface area contributed by atoms with Crippen LogP contribution in [-0.4, -0.2) is 23.0 Å². The molecule has 0 atom stereocenters. The van der Waals surface area contributed by atoms with Crippen molar-refractivity contribution in [2.45, 2.75) is 6.61 Å².